The molecule has 0 N–H and O–H groups in total. The fourth-order valence-corrected chi connectivity index (χ4v) is 13.6. The van der Waals surface area contributed by atoms with Crippen LogP contribution in [0.3, 0.4) is 0 Å². The van der Waals surface area contributed by atoms with Crippen LogP contribution in [-0.4, -0.2) is 0 Å². The molecule has 2 aliphatic rings. The molecule has 1 fully saturated rings. The standard InChI is InChI=1S/C80H64N2/c1-57-25-23-42-77-79(57)72-52-51-71(54-78(72)80(77,64-33-15-5-16-34-64)65-35-17-6-18-36-65)82(67-39-21-8-22-40-67)69-49-45-62(46-50-69)76-56-73(59-28-11-3-12-29-59)75(55-74(76)60-30-13-4-14-31-60)61-43-47-68(48-44-61)81(66-37-19-7-20-38-66)70-41-24-32-63(53-70)58-26-9-2-10-27-58/h3-8,11-25,28-56,58H,2,9-10,26-27H2,1H3. The van der Waals surface area contributed by atoms with Crippen LogP contribution in [0.15, 0.2) is 303 Å². The number of benzene rings is 12. The predicted molar refractivity (Wildman–Crippen MR) is 345 cm³/mol. The monoisotopic (exact) mass is 1050 g/mol. The first-order valence-electron chi connectivity index (χ1n) is 29.3. The SMILES string of the molecule is Cc1cccc2c1-c1ccc(N(c3ccccc3)c3ccc(-c4cc(-c5ccccc5)c(-c5ccc(N(c6ccccc6)c6cccc(C7CCCCC7)c6)cc5)cc4-c4ccccc4)cc3)cc1C2(c1ccccc1)c1ccccc1. The third kappa shape index (κ3) is 9.21. The van der Waals surface area contributed by atoms with E-state index in [2.05, 4.69) is 320 Å². The van der Waals surface area contributed by atoms with Gasteiger partial charge < -0.3 is 9.80 Å². The lowest BCUT2D eigenvalue weighted by molar-refractivity contribution is 0.443. The average Bonchev–Trinajstić information content (AvgIpc) is 1.87. The topological polar surface area (TPSA) is 6.48 Å². The Balaban J connectivity index is 0.886. The minimum Gasteiger partial charge on any atom is -0.310 e. The number of anilines is 6. The minimum absolute atomic E-state index is 0.525. The molecular formula is C80H64N2. The Morgan fingerprint density at radius 2 is 0.683 bits per heavy atom. The van der Waals surface area contributed by atoms with Gasteiger partial charge in [-0.2, -0.15) is 0 Å². The molecule has 0 heterocycles. The Labute approximate surface area is 483 Å². The van der Waals surface area contributed by atoms with Crippen molar-refractivity contribution in [2.24, 2.45) is 0 Å². The van der Waals surface area contributed by atoms with Gasteiger partial charge in [-0.15, -0.1) is 0 Å². The van der Waals surface area contributed by atoms with Gasteiger partial charge in [-0.1, -0.05) is 238 Å². The second-order valence-electron chi connectivity index (χ2n) is 22.3. The highest BCUT2D eigenvalue weighted by atomic mass is 15.1. The summed E-state index contributed by atoms with van der Waals surface area (Å²) in [6, 6.07) is 112. The first-order chi connectivity index (χ1) is 40.6. The summed E-state index contributed by atoms with van der Waals surface area (Å²) in [5.74, 6) is 0.620. The van der Waals surface area contributed by atoms with E-state index in [4.69, 9.17) is 0 Å². The third-order valence-electron chi connectivity index (χ3n) is 17.5. The van der Waals surface area contributed by atoms with Crippen molar-refractivity contribution in [2.45, 2.75) is 50.4 Å². The van der Waals surface area contributed by atoms with E-state index in [9.17, 15) is 0 Å². The number of hydrogen-bond acceptors (Lipinski definition) is 2. The molecule has 0 bridgehead atoms. The van der Waals surface area contributed by atoms with Crippen LogP contribution in [0.2, 0.25) is 0 Å². The predicted octanol–water partition coefficient (Wildman–Crippen LogP) is 22.0. The van der Waals surface area contributed by atoms with Crippen molar-refractivity contribution >= 4 is 34.1 Å². The zero-order valence-electron chi connectivity index (χ0n) is 46.4. The Kier molecular flexibility index (Phi) is 13.6. The Bertz CT molecular complexity index is 4110. The molecule has 2 heteroatoms. The summed E-state index contributed by atoms with van der Waals surface area (Å²) in [6.45, 7) is 2.26. The van der Waals surface area contributed by atoms with Gasteiger partial charge in [0.2, 0.25) is 0 Å². The lowest BCUT2D eigenvalue weighted by Gasteiger charge is -2.35. The summed E-state index contributed by atoms with van der Waals surface area (Å²) in [6.07, 6.45) is 6.52. The maximum Gasteiger partial charge on any atom is 0.0714 e. The fraction of sp³-hybridized carbons (Fsp3) is 0.100. The first kappa shape index (κ1) is 50.5. The Hall–Kier alpha value is -9.76. The van der Waals surface area contributed by atoms with Gasteiger partial charge in [-0.05, 0) is 200 Å². The van der Waals surface area contributed by atoms with Gasteiger partial charge in [0.25, 0.3) is 0 Å². The van der Waals surface area contributed by atoms with Gasteiger partial charge in [0.05, 0.1) is 5.41 Å². The summed E-state index contributed by atoms with van der Waals surface area (Å²) < 4.78 is 0. The molecule has 14 rings (SSSR count). The van der Waals surface area contributed by atoms with Crippen molar-refractivity contribution < 1.29 is 0 Å². The smallest absolute Gasteiger partial charge is 0.0714 e. The average molecular weight is 1050 g/mol. The molecule has 2 nitrogen and oxygen atoms in total. The molecule has 0 spiro atoms. The number of aryl methyl sites for hydroxylation is 1. The molecular weight excluding hydrogens is 989 g/mol. The highest BCUT2D eigenvalue weighted by Gasteiger charge is 2.47. The van der Waals surface area contributed by atoms with E-state index in [1.807, 2.05) is 0 Å². The molecule has 12 aromatic rings. The van der Waals surface area contributed by atoms with Crippen LogP contribution in [0.5, 0.6) is 0 Å². The van der Waals surface area contributed by atoms with E-state index in [0.717, 1.165) is 34.0 Å². The molecule has 0 aliphatic heterocycles. The number of rotatable bonds is 13. The van der Waals surface area contributed by atoms with Crippen LogP contribution in [-0.2, 0) is 5.41 Å². The van der Waals surface area contributed by atoms with Crippen molar-refractivity contribution in [1.82, 2.24) is 0 Å². The molecule has 394 valence electrons. The van der Waals surface area contributed by atoms with Crippen molar-refractivity contribution in [2.75, 3.05) is 9.80 Å². The second-order valence-corrected chi connectivity index (χ2v) is 22.3. The Morgan fingerprint density at radius 3 is 1.17 bits per heavy atom. The highest BCUT2D eigenvalue weighted by molar-refractivity contribution is 5.97. The summed E-state index contributed by atoms with van der Waals surface area (Å²) in [4.78, 5) is 4.84. The van der Waals surface area contributed by atoms with Crippen LogP contribution in [0.1, 0.15) is 71.4 Å². The van der Waals surface area contributed by atoms with Crippen LogP contribution < -0.4 is 9.80 Å². The third-order valence-corrected chi connectivity index (χ3v) is 17.5. The number of para-hydroxylation sites is 2. The molecule has 1 saturated carbocycles. The molecule has 0 atom stereocenters. The molecule has 2 aliphatic carbocycles. The van der Waals surface area contributed by atoms with Gasteiger partial charge in [0.1, 0.15) is 0 Å². The van der Waals surface area contributed by atoms with Gasteiger partial charge in [0.15, 0.2) is 0 Å². The summed E-state index contributed by atoms with van der Waals surface area (Å²) in [5, 5.41) is 0. The summed E-state index contributed by atoms with van der Waals surface area (Å²) in [7, 11) is 0. The zero-order valence-corrected chi connectivity index (χ0v) is 46.4. The maximum atomic E-state index is 2.47. The van der Waals surface area contributed by atoms with Crippen LogP contribution in [0.25, 0.3) is 55.6 Å². The maximum absolute atomic E-state index is 2.47. The first-order valence-corrected chi connectivity index (χ1v) is 29.3. The van der Waals surface area contributed by atoms with E-state index in [1.54, 1.807) is 0 Å². The minimum atomic E-state index is -0.525. The van der Waals surface area contributed by atoms with Crippen molar-refractivity contribution in [3.05, 3.63) is 337 Å². The lowest BCUT2D eigenvalue weighted by atomic mass is 9.67. The summed E-state index contributed by atoms with van der Waals surface area (Å²) in [5.41, 5.74) is 26.1. The van der Waals surface area contributed by atoms with Crippen molar-refractivity contribution in [3.63, 3.8) is 0 Å². The summed E-state index contributed by atoms with van der Waals surface area (Å²) >= 11 is 0. The quantitative estimate of drug-likeness (QED) is 0.114. The molecule has 0 aromatic heterocycles. The molecule has 0 radical (unpaired) electrons. The van der Waals surface area contributed by atoms with E-state index in [-0.39, 0.29) is 0 Å². The van der Waals surface area contributed by atoms with E-state index in [1.165, 1.54) is 121 Å². The van der Waals surface area contributed by atoms with Gasteiger partial charge in [0, 0.05) is 34.1 Å². The van der Waals surface area contributed by atoms with Gasteiger partial charge in [-0.25, -0.2) is 0 Å². The molecule has 12 aromatic carbocycles. The molecule has 82 heavy (non-hydrogen) atoms. The van der Waals surface area contributed by atoms with Gasteiger partial charge in [-0.3, -0.25) is 0 Å². The van der Waals surface area contributed by atoms with Gasteiger partial charge >= 0.3 is 0 Å². The van der Waals surface area contributed by atoms with Crippen LogP contribution in [0, 0.1) is 6.92 Å². The Morgan fingerprint density at radius 1 is 0.293 bits per heavy atom. The largest absolute Gasteiger partial charge is 0.310 e. The van der Waals surface area contributed by atoms with Crippen molar-refractivity contribution in [3.8, 4) is 55.6 Å². The normalized spacial score (nSPS) is 13.5. The number of nitrogens with zero attached hydrogens (tertiary/aromatic N) is 2. The zero-order chi connectivity index (χ0) is 54.8. The molecule has 0 amide bonds. The van der Waals surface area contributed by atoms with Crippen LogP contribution in [0.4, 0.5) is 34.1 Å². The van der Waals surface area contributed by atoms with E-state index < -0.39 is 5.41 Å². The van der Waals surface area contributed by atoms with E-state index >= 15 is 0 Å². The molecule has 0 unspecified atom stereocenters. The molecule has 0 saturated heterocycles. The lowest BCUT2D eigenvalue weighted by Crippen LogP contribution is -2.28. The number of fused-ring (bicyclic) bond motifs is 3. The highest BCUT2D eigenvalue weighted by Crippen LogP contribution is 2.58. The fourth-order valence-electron chi connectivity index (χ4n) is 13.6. The van der Waals surface area contributed by atoms with Crippen molar-refractivity contribution in [1.29, 1.82) is 0 Å². The number of hydrogen-bond donors (Lipinski definition) is 0. The van der Waals surface area contributed by atoms with Crippen LogP contribution >= 0.6 is 0 Å². The van der Waals surface area contributed by atoms with E-state index in [0.29, 0.717) is 5.92 Å². The second kappa shape index (κ2) is 22.1.